The number of thioether (sulfide) groups is 1. The van der Waals surface area contributed by atoms with Crippen LogP contribution in [-0.4, -0.2) is 39.1 Å². The molecule has 0 radical (unpaired) electrons. The summed E-state index contributed by atoms with van der Waals surface area (Å²) in [6.45, 7) is 0.602. The zero-order chi connectivity index (χ0) is 11.8. The van der Waals surface area contributed by atoms with Crippen LogP contribution >= 0.6 is 11.8 Å². The third kappa shape index (κ3) is 3.79. The van der Waals surface area contributed by atoms with Gasteiger partial charge in [0.2, 0.25) is 0 Å². The molecule has 16 heavy (non-hydrogen) atoms. The van der Waals surface area contributed by atoms with E-state index in [1.165, 1.54) is 12.4 Å². The van der Waals surface area contributed by atoms with Gasteiger partial charge in [-0.3, -0.25) is 0 Å². The SMILES string of the molecule is C#CCSCCNc1nccnc1C(=O)O. The first-order valence-electron chi connectivity index (χ1n) is 4.55. The average Bonchev–Trinajstić information content (AvgIpc) is 2.29. The maximum atomic E-state index is 10.8. The molecular weight excluding hydrogens is 226 g/mol. The van der Waals surface area contributed by atoms with Gasteiger partial charge in [0.1, 0.15) is 0 Å². The highest BCUT2D eigenvalue weighted by Gasteiger charge is 2.11. The Labute approximate surface area is 97.7 Å². The lowest BCUT2D eigenvalue weighted by Crippen LogP contribution is -2.12. The molecule has 1 aromatic heterocycles. The number of aromatic nitrogens is 2. The van der Waals surface area contributed by atoms with Crippen LogP contribution in [-0.2, 0) is 0 Å². The second kappa shape index (κ2) is 6.69. The van der Waals surface area contributed by atoms with Gasteiger partial charge in [0.05, 0.1) is 5.75 Å². The summed E-state index contributed by atoms with van der Waals surface area (Å²) in [7, 11) is 0. The molecule has 5 nitrogen and oxygen atoms in total. The number of carboxylic acid groups (broad SMARTS) is 1. The van der Waals surface area contributed by atoms with E-state index in [-0.39, 0.29) is 11.5 Å². The fourth-order valence-electron chi connectivity index (χ4n) is 0.997. The zero-order valence-electron chi connectivity index (χ0n) is 8.51. The molecule has 0 amide bonds. The lowest BCUT2D eigenvalue weighted by molar-refractivity contribution is 0.0691. The zero-order valence-corrected chi connectivity index (χ0v) is 9.33. The smallest absolute Gasteiger partial charge is 0.358 e. The van der Waals surface area contributed by atoms with E-state index in [1.807, 2.05) is 0 Å². The van der Waals surface area contributed by atoms with E-state index in [2.05, 4.69) is 21.2 Å². The molecule has 0 atom stereocenters. The first-order valence-corrected chi connectivity index (χ1v) is 5.70. The first kappa shape index (κ1) is 12.3. The van der Waals surface area contributed by atoms with Gasteiger partial charge in [-0.15, -0.1) is 18.2 Å². The molecule has 2 N–H and O–H groups in total. The van der Waals surface area contributed by atoms with Gasteiger partial charge in [-0.05, 0) is 0 Å². The summed E-state index contributed by atoms with van der Waals surface area (Å²) in [6, 6.07) is 0. The van der Waals surface area contributed by atoms with Gasteiger partial charge >= 0.3 is 5.97 Å². The van der Waals surface area contributed by atoms with Crippen LogP contribution < -0.4 is 5.32 Å². The van der Waals surface area contributed by atoms with E-state index in [1.54, 1.807) is 11.8 Å². The van der Waals surface area contributed by atoms with E-state index in [9.17, 15) is 4.79 Å². The number of hydrogen-bond acceptors (Lipinski definition) is 5. The molecule has 0 spiro atoms. The van der Waals surface area contributed by atoms with Gasteiger partial charge in [-0.1, -0.05) is 5.92 Å². The maximum absolute atomic E-state index is 10.8. The van der Waals surface area contributed by atoms with E-state index < -0.39 is 5.97 Å². The topological polar surface area (TPSA) is 75.1 Å². The van der Waals surface area contributed by atoms with Crippen molar-refractivity contribution in [3.8, 4) is 12.3 Å². The van der Waals surface area contributed by atoms with Crippen LogP contribution in [0.3, 0.4) is 0 Å². The van der Waals surface area contributed by atoms with E-state index >= 15 is 0 Å². The Kier molecular flexibility index (Phi) is 5.16. The molecule has 6 heteroatoms. The fourth-order valence-corrected chi connectivity index (χ4v) is 1.51. The van der Waals surface area contributed by atoms with Gasteiger partial charge in [-0.2, -0.15) is 0 Å². The quantitative estimate of drug-likeness (QED) is 0.567. The monoisotopic (exact) mass is 237 g/mol. The van der Waals surface area contributed by atoms with Crippen LogP contribution in [0, 0.1) is 12.3 Å². The van der Waals surface area contributed by atoms with Gasteiger partial charge < -0.3 is 10.4 Å². The Hall–Kier alpha value is -1.74. The molecule has 0 fully saturated rings. The van der Waals surface area contributed by atoms with Gasteiger partial charge in [0.15, 0.2) is 11.5 Å². The van der Waals surface area contributed by atoms with Crippen molar-refractivity contribution in [1.82, 2.24) is 9.97 Å². The Morgan fingerprint density at radius 1 is 1.56 bits per heavy atom. The highest BCUT2D eigenvalue weighted by molar-refractivity contribution is 7.99. The maximum Gasteiger partial charge on any atom is 0.358 e. The summed E-state index contributed by atoms with van der Waals surface area (Å²) in [5, 5.41) is 11.7. The van der Waals surface area contributed by atoms with Crippen LogP contribution in [0.4, 0.5) is 5.82 Å². The molecule has 0 saturated heterocycles. The van der Waals surface area contributed by atoms with E-state index in [0.29, 0.717) is 12.3 Å². The Balaban J connectivity index is 2.47. The molecule has 0 aliphatic carbocycles. The van der Waals surface area contributed by atoms with Gasteiger partial charge in [0.25, 0.3) is 0 Å². The van der Waals surface area contributed by atoms with Gasteiger partial charge in [0, 0.05) is 24.7 Å². The fraction of sp³-hybridized carbons (Fsp3) is 0.300. The van der Waals surface area contributed by atoms with Crippen molar-refractivity contribution < 1.29 is 9.90 Å². The number of hydrogen-bond donors (Lipinski definition) is 2. The Morgan fingerprint density at radius 2 is 2.31 bits per heavy atom. The molecule has 1 rings (SSSR count). The Morgan fingerprint density at radius 3 is 3.00 bits per heavy atom. The lowest BCUT2D eigenvalue weighted by atomic mass is 10.4. The summed E-state index contributed by atoms with van der Waals surface area (Å²) >= 11 is 1.59. The van der Waals surface area contributed by atoms with Crippen molar-refractivity contribution in [3.05, 3.63) is 18.1 Å². The summed E-state index contributed by atoms with van der Waals surface area (Å²) < 4.78 is 0. The van der Waals surface area contributed by atoms with Crippen molar-refractivity contribution in [2.45, 2.75) is 0 Å². The number of aromatic carboxylic acids is 1. The summed E-state index contributed by atoms with van der Waals surface area (Å²) in [4.78, 5) is 18.4. The van der Waals surface area contributed by atoms with Gasteiger partial charge in [-0.25, -0.2) is 14.8 Å². The summed E-state index contributed by atoms with van der Waals surface area (Å²) in [5.74, 6) is 3.14. The van der Waals surface area contributed by atoms with Crippen LogP contribution in [0.25, 0.3) is 0 Å². The third-order valence-electron chi connectivity index (χ3n) is 1.63. The van der Waals surface area contributed by atoms with Crippen LogP contribution in [0.2, 0.25) is 0 Å². The highest BCUT2D eigenvalue weighted by atomic mass is 32.2. The third-order valence-corrected chi connectivity index (χ3v) is 2.49. The standard InChI is InChI=1S/C10H11N3O2S/c1-2-6-16-7-5-13-9-8(10(14)15)11-3-4-12-9/h1,3-4H,5-7H2,(H,12,13)(H,14,15). The number of anilines is 1. The van der Waals surface area contributed by atoms with Crippen LogP contribution in [0.5, 0.6) is 0 Å². The molecule has 0 bridgehead atoms. The molecule has 0 aromatic carbocycles. The number of carboxylic acids is 1. The summed E-state index contributed by atoms with van der Waals surface area (Å²) in [5.41, 5.74) is -0.0653. The predicted octanol–water partition coefficient (Wildman–Crippen LogP) is 0.953. The van der Waals surface area contributed by atoms with E-state index in [4.69, 9.17) is 11.5 Å². The number of terminal acetylenes is 1. The molecular formula is C10H11N3O2S. The van der Waals surface area contributed by atoms with E-state index in [0.717, 1.165) is 5.75 Å². The molecule has 1 heterocycles. The number of rotatable bonds is 6. The molecule has 1 aromatic rings. The minimum Gasteiger partial charge on any atom is -0.476 e. The molecule has 0 aliphatic rings. The number of nitrogens with one attached hydrogen (secondary N) is 1. The molecule has 0 unspecified atom stereocenters. The number of carbonyl (C=O) groups is 1. The molecule has 0 saturated carbocycles. The first-order chi connectivity index (χ1) is 7.75. The largest absolute Gasteiger partial charge is 0.476 e. The predicted molar refractivity (Wildman–Crippen MR) is 63.6 cm³/mol. The second-order valence-corrected chi connectivity index (χ2v) is 3.85. The van der Waals surface area contributed by atoms with Crippen molar-refractivity contribution in [3.63, 3.8) is 0 Å². The number of nitrogens with zero attached hydrogens (tertiary/aromatic N) is 2. The normalized spacial score (nSPS) is 9.44. The van der Waals surface area contributed by atoms with Crippen molar-refractivity contribution in [1.29, 1.82) is 0 Å². The van der Waals surface area contributed by atoms with Crippen molar-refractivity contribution in [2.75, 3.05) is 23.4 Å². The minimum absolute atomic E-state index is 0.0653. The van der Waals surface area contributed by atoms with Crippen LogP contribution in [0.15, 0.2) is 12.4 Å². The van der Waals surface area contributed by atoms with Crippen LogP contribution in [0.1, 0.15) is 10.5 Å². The molecule has 0 aliphatic heterocycles. The Bertz CT molecular complexity index is 403. The second-order valence-electron chi connectivity index (χ2n) is 2.74. The molecule has 84 valence electrons. The van der Waals surface area contributed by atoms with Crippen molar-refractivity contribution >= 4 is 23.5 Å². The van der Waals surface area contributed by atoms with Crippen molar-refractivity contribution in [2.24, 2.45) is 0 Å². The average molecular weight is 237 g/mol. The summed E-state index contributed by atoms with van der Waals surface area (Å²) in [6.07, 6.45) is 7.89. The highest BCUT2D eigenvalue weighted by Crippen LogP contribution is 2.08. The minimum atomic E-state index is -1.09. The lowest BCUT2D eigenvalue weighted by Gasteiger charge is -2.06.